The summed E-state index contributed by atoms with van der Waals surface area (Å²) in [6.45, 7) is 0. The van der Waals surface area contributed by atoms with Gasteiger partial charge in [0.1, 0.15) is 11.2 Å². The van der Waals surface area contributed by atoms with Crippen molar-refractivity contribution in [2.45, 2.75) is 0 Å². The molecule has 0 fully saturated rings. The lowest BCUT2D eigenvalue weighted by Crippen LogP contribution is -1.95. The quantitative estimate of drug-likeness (QED) is 0.434. The van der Waals surface area contributed by atoms with Crippen molar-refractivity contribution in [1.82, 2.24) is 0 Å². The maximum Gasteiger partial charge on any atom is 0.345 e. The second-order valence-electron chi connectivity index (χ2n) is 1.00. The Morgan fingerprint density at radius 3 is 2.25 bits per heavy atom. The highest BCUT2D eigenvalue weighted by Gasteiger charge is 2.02. The molecule has 0 heterocycles. The lowest BCUT2D eigenvalue weighted by atomic mass is 10.6. The molecule has 0 radical (unpaired) electrons. The van der Waals surface area contributed by atoms with Crippen molar-refractivity contribution in [3.8, 4) is 0 Å². The summed E-state index contributed by atoms with van der Waals surface area (Å²) in [5.74, 6) is -1.10. The van der Waals surface area contributed by atoms with Crippen LogP contribution in [0.1, 0.15) is 0 Å². The Morgan fingerprint density at radius 2 is 2.25 bits per heavy atom. The van der Waals surface area contributed by atoms with E-state index in [-0.39, 0.29) is 4.91 Å². The lowest BCUT2D eigenvalue weighted by molar-refractivity contribution is -0.131. The molecule has 8 heavy (non-hydrogen) atoms. The number of rotatable bonds is 2. The van der Waals surface area contributed by atoms with Gasteiger partial charge in [0, 0.05) is 0 Å². The van der Waals surface area contributed by atoms with Crippen LogP contribution < -0.4 is 0 Å². The second-order valence-corrected chi connectivity index (χ2v) is 1.85. The molecule has 0 bridgehead atoms. The minimum Gasteiger partial charge on any atom is -0.514 e. The van der Waals surface area contributed by atoms with Gasteiger partial charge in [-0.05, 0) is 6.26 Å². The smallest absolute Gasteiger partial charge is 0.345 e. The van der Waals surface area contributed by atoms with Crippen LogP contribution >= 0.6 is 11.8 Å². The van der Waals surface area contributed by atoms with Crippen LogP contribution in [0.4, 0.5) is 0 Å². The lowest BCUT2D eigenvalue weighted by Gasteiger charge is -1.89. The van der Waals surface area contributed by atoms with E-state index in [4.69, 9.17) is 10.2 Å². The molecule has 0 aromatic rings. The molecule has 0 aromatic carbocycles. The average molecular weight is 134 g/mol. The minimum atomic E-state index is -1.10. The zero-order chi connectivity index (χ0) is 6.57. The minimum absolute atomic E-state index is 0.0509. The van der Waals surface area contributed by atoms with Crippen molar-refractivity contribution in [3.05, 3.63) is 11.2 Å². The molecule has 2 N–H and O–H groups in total. The molecule has 46 valence electrons. The highest BCUT2D eigenvalue weighted by molar-refractivity contribution is 8.03. The molecular formula is C4H6O3S. The number of carboxylic acid groups (broad SMARTS) is 1. The van der Waals surface area contributed by atoms with E-state index in [2.05, 4.69) is 0 Å². The molecule has 0 aliphatic carbocycles. The summed E-state index contributed by atoms with van der Waals surface area (Å²) in [7, 11) is 0. The number of hydrogen-bond donors (Lipinski definition) is 2. The average Bonchev–Trinajstić information content (AvgIpc) is 1.69. The summed E-state index contributed by atoms with van der Waals surface area (Å²) >= 11 is 0.990. The van der Waals surface area contributed by atoms with Crippen molar-refractivity contribution < 1.29 is 15.0 Å². The Labute approximate surface area is 51.0 Å². The molecule has 0 amide bonds. The largest absolute Gasteiger partial charge is 0.514 e. The Kier molecular flexibility index (Phi) is 3.10. The van der Waals surface area contributed by atoms with E-state index in [1.165, 1.54) is 0 Å². The Morgan fingerprint density at radius 1 is 1.75 bits per heavy atom. The van der Waals surface area contributed by atoms with Crippen LogP contribution in [0.5, 0.6) is 0 Å². The van der Waals surface area contributed by atoms with Crippen LogP contribution in [0.3, 0.4) is 0 Å². The number of hydrogen-bond acceptors (Lipinski definition) is 3. The van der Waals surface area contributed by atoms with E-state index in [9.17, 15) is 4.79 Å². The molecular weight excluding hydrogens is 128 g/mol. The van der Waals surface area contributed by atoms with Crippen LogP contribution in [0.25, 0.3) is 0 Å². The van der Waals surface area contributed by atoms with E-state index in [0.29, 0.717) is 6.26 Å². The molecule has 0 unspecified atom stereocenters. The number of thioether (sulfide) groups is 1. The fourth-order valence-electron chi connectivity index (χ4n) is 0.195. The van der Waals surface area contributed by atoms with E-state index < -0.39 is 5.97 Å². The Bertz CT molecular complexity index is 118. The highest BCUT2D eigenvalue weighted by atomic mass is 32.2. The third-order valence-corrected chi connectivity index (χ3v) is 1.27. The number of aliphatic carboxylic acids is 1. The van der Waals surface area contributed by atoms with Crippen LogP contribution in [-0.4, -0.2) is 22.4 Å². The summed E-state index contributed by atoms with van der Waals surface area (Å²) in [4.78, 5) is 9.86. The zero-order valence-corrected chi connectivity index (χ0v) is 5.10. The SMILES string of the molecule is CSC(=CO)C(=O)O. The number of aliphatic hydroxyl groups excluding tert-OH is 1. The highest BCUT2D eigenvalue weighted by Crippen LogP contribution is 2.08. The molecule has 0 atom stereocenters. The Hall–Kier alpha value is -0.640. The molecule has 0 spiro atoms. The van der Waals surface area contributed by atoms with Gasteiger partial charge in [0.25, 0.3) is 0 Å². The van der Waals surface area contributed by atoms with Crippen molar-refractivity contribution in [1.29, 1.82) is 0 Å². The normalized spacial score (nSPS) is 11.4. The zero-order valence-electron chi connectivity index (χ0n) is 4.29. The number of carboxylic acids is 1. The molecule has 3 nitrogen and oxygen atoms in total. The molecule has 0 rings (SSSR count). The first-order chi connectivity index (χ1) is 3.72. The van der Waals surface area contributed by atoms with Gasteiger partial charge in [0.05, 0.1) is 0 Å². The van der Waals surface area contributed by atoms with E-state index in [0.717, 1.165) is 11.8 Å². The van der Waals surface area contributed by atoms with Gasteiger partial charge in [0.2, 0.25) is 0 Å². The fourth-order valence-corrected chi connectivity index (χ4v) is 0.475. The fraction of sp³-hybridized carbons (Fsp3) is 0.250. The first-order valence-corrected chi connectivity index (χ1v) is 3.06. The van der Waals surface area contributed by atoms with E-state index in [1.54, 1.807) is 6.26 Å². The van der Waals surface area contributed by atoms with Crippen LogP contribution in [0, 0.1) is 0 Å². The van der Waals surface area contributed by atoms with Gasteiger partial charge in [-0.25, -0.2) is 4.79 Å². The predicted molar refractivity (Wildman–Crippen MR) is 31.9 cm³/mol. The third kappa shape index (κ3) is 1.88. The van der Waals surface area contributed by atoms with Crippen LogP contribution in [-0.2, 0) is 4.79 Å². The first-order valence-electron chi connectivity index (χ1n) is 1.84. The van der Waals surface area contributed by atoms with E-state index in [1.807, 2.05) is 0 Å². The van der Waals surface area contributed by atoms with Gasteiger partial charge < -0.3 is 10.2 Å². The maximum absolute atomic E-state index is 9.91. The number of aliphatic hydroxyl groups is 1. The summed E-state index contributed by atoms with van der Waals surface area (Å²) < 4.78 is 0. The molecule has 4 heteroatoms. The van der Waals surface area contributed by atoms with Crippen LogP contribution in [0.15, 0.2) is 11.2 Å². The Balaban J connectivity index is 3.92. The van der Waals surface area contributed by atoms with Gasteiger partial charge >= 0.3 is 5.97 Å². The summed E-state index contributed by atoms with van der Waals surface area (Å²) in [5.41, 5.74) is 0. The monoisotopic (exact) mass is 134 g/mol. The van der Waals surface area contributed by atoms with Gasteiger partial charge in [-0.3, -0.25) is 0 Å². The summed E-state index contributed by atoms with van der Waals surface area (Å²) in [5, 5.41) is 16.3. The van der Waals surface area contributed by atoms with E-state index >= 15 is 0 Å². The molecule has 0 saturated carbocycles. The second kappa shape index (κ2) is 3.37. The molecule has 0 saturated heterocycles. The molecule has 0 aliphatic rings. The van der Waals surface area contributed by atoms with Gasteiger partial charge in [-0.15, -0.1) is 11.8 Å². The standard InChI is InChI=1S/C4H6O3S/c1-8-3(2-5)4(6)7/h2,5H,1H3,(H,6,7). The van der Waals surface area contributed by atoms with Crippen molar-refractivity contribution in [3.63, 3.8) is 0 Å². The topological polar surface area (TPSA) is 57.5 Å². The van der Waals surface area contributed by atoms with Gasteiger partial charge in [-0.2, -0.15) is 0 Å². The van der Waals surface area contributed by atoms with Crippen LogP contribution in [0.2, 0.25) is 0 Å². The van der Waals surface area contributed by atoms with Crippen molar-refractivity contribution >= 4 is 17.7 Å². The molecule has 0 aliphatic heterocycles. The third-order valence-electron chi connectivity index (χ3n) is 0.548. The van der Waals surface area contributed by atoms with Crippen molar-refractivity contribution in [2.75, 3.05) is 6.26 Å². The first kappa shape index (κ1) is 7.36. The maximum atomic E-state index is 9.91. The predicted octanol–water partition coefficient (Wildman–Crippen LogP) is 0.833. The summed E-state index contributed by atoms with van der Waals surface area (Å²) in [6, 6.07) is 0. The van der Waals surface area contributed by atoms with Gasteiger partial charge in [-0.1, -0.05) is 0 Å². The van der Waals surface area contributed by atoms with Gasteiger partial charge in [0.15, 0.2) is 0 Å². The van der Waals surface area contributed by atoms with Crippen molar-refractivity contribution in [2.24, 2.45) is 0 Å². The summed E-state index contributed by atoms with van der Waals surface area (Å²) in [6.07, 6.45) is 2.16. The number of carbonyl (C=O) groups is 1. The molecule has 0 aromatic heterocycles.